The van der Waals surface area contributed by atoms with E-state index in [0.717, 1.165) is 23.7 Å². The summed E-state index contributed by atoms with van der Waals surface area (Å²) in [4.78, 5) is 10.7. The van der Waals surface area contributed by atoms with Crippen molar-refractivity contribution < 1.29 is 9.90 Å². The molecule has 1 N–H and O–H groups in total. The molecule has 0 saturated heterocycles. The van der Waals surface area contributed by atoms with E-state index in [1.807, 2.05) is 6.07 Å². The van der Waals surface area contributed by atoms with Gasteiger partial charge in [-0.25, -0.2) is 4.79 Å². The molecule has 0 saturated carbocycles. The normalized spacial score (nSPS) is 10.1. The molecule has 0 amide bonds. The number of hydrogen-bond donors (Lipinski definition) is 1. The van der Waals surface area contributed by atoms with Crippen molar-refractivity contribution in [2.45, 2.75) is 25.1 Å². The van der Waals surface area contributed by atoms with Crippen molar-refractivity contribution in [3.8, 4) is 0 Å². The van der Waals surface area contributed by atoms with E-state index in [4.69, 9.17) is 5.11 Å². The van der Waals surface area contributed by atoms with Gasteiger partial charge in [-0.3, -0.25) is 0 Å². The number of hydrogen-bond acceptors (Lipinski definition) is 1. The minimum atomic E-state index is -0.858. The van der Waals surface area contributed by atoms with Gasteiger partial charge in [-0.05, 0) is 29.7 Å². The predicted octanol–water partition coefficient (Wildman–Crippen LogP) is 3.23. The molecule has 0 aliphatic heterocycles. The maximum absolute atomic E-state index is 10.7. The molecule has 0 aromatic heterocycles. The number of aromatic carboxylic acids is 1. The molecule has 0 unspecified atom stereocenters. The zero-order valence-electron chi connectivity index (χ0n) is 8.09. The van der Waals surface area contributed by atoms with Gasteiger partial charge < -0.3 is 5.11 Å². The summed E-state index contributed by atoms with van der Waals surface area (Å²) in [5.41, 5.74) is 2.68. The minimum absolute atomic E-state index is 0.373. The first-order valence-corrected chi connectivity index (χ1v) is 5.72. The molecule has 1 rings (SSSR count). The number of alkyl halides is 1. The summed E-state index contributed by atoms with van der Waals surface area (Å²) in [7, 11) is 0. The average molecular weight is 257 g/mol. The third-order valence-electron chi connectivity index (χ3n) is 2.12. The number of benzene rings is 1. The number of carbonyl (C=O) groups is 1. The van der Waals surface area contributed by atoms with Gasteiger partial charge in [0.1, 0.15) is 0 Å². The van der Waals surface area contributed by atoms with Crippen molar-refractivity contribution in [3.63, 3.8) is 0 Å². The molecule has 0 bridgehead atoms. The van der Waals surface area contributed by atoms with Gasteiger partial charge in [0.25, 0.3) is 0 Å². The van der Waals surface area contributed by atoms with Crippen LogP contribution in [0, 0.1) is 0 Å². The summed E-state index contributed by atoms with van der Waals surface area (Å²) < 4.78 is 0. The minimum Gasteiger partial charge on any atom is -0.478 e. The summed E-state index contributed by atoms with van der Waals surface area (Å²) in [6.07, 6.45) is 1.96. The van der Waals surface area contributed by atoms with Crippen molar-refractivity contribution >= 4 is 21.9 Å². The quantitative estimate of drug-likeness (QED) is 0.841. The summed E-state index contributed by atoms with van der Waals surface area (Å²) in [6, 6.07) is 5.30. The first kappa shape index (κ1) is 11.2. The van der Waals surface area contributed by atoms with Crippen LogP contribution in [0.3, 0.4) is 0 Å². The molecule has 0 atom stereocenters. The molecule has 0 heterocycles. The molecular weight excluding hydrogens is 244 g/mol. The van der Waals surface area contributed by atoms with E-state index in [0.29, 0.717) is 5.56 Å². The Morgan fingerprint density at radius 2 is 2.14 bits per heavy atom. The summed E-state index contributed by atoms with van der Waals surface area (Å²) >= 11 is 3.39. The van der Waals surface area contributed by atoms with Crippen LogP contribution < -0.4 is 0 Å². The average Bonchev–Trinajstić information content (AvgIpc) is 2.18. The van der Waals surface area contributed by atoms with Crippen molar-refractivity contribution in [2.75, 3.05) is 0 Å². The zero-order chi connectivity index (χ0) is 10.6. The highest BCUT2D eigenvalue weighted by atomic mass is 79.9. The predicted molar refractivity (Wildman–Crippen MR) is 60.0 cm³/mol. The van der Waals surface area contributed by atoms with Crippen LogP contribution in [-0.2, 0) is 11.8 Å². The van der Waals surface area contributed by atoms with E-state index in [1.54, 1.807) is 12.1 Å². The number of carboxylic acid groups (broad SMARTS) is 1. The molecule has 1 aromatic rings. The van der Waals surface area contributed by atoms with E-state index in [2.05, 4.69) is 22.9 Å². The molecule has 14 heavy (non-hydrogen) atoms. The maximum Gasteiger partial charge on any atom is 0.335 e. The van der Waals surface area contributed by atoms with Crippen LogP contribution in [0.1, 0.15) is 34.8 Å². The van der Waals surface area contributed by atoms with E-state index in [1.165, 1.54) is 5.56 Å². The van der Waals surface area contributed by atoms with Gasteiger partial charge >= 0.3 is 5.97 Å². The van der Waals surface area contributed by atoms with Crippen LogP contribution in [0.25, 0.3) is 0 Å². The van der Waals surface area contributed by atoms with E-state index in [-0.39, 0.29) is 0 Å². The molecule has 0 aliphatic carbocycles. The Balaban J connectivity index is 3.07. The number of halogens is 1. The summed E-state index contributed by atoms with van der Waals surface area (Å²) in [5, 5.41) is 9.61. The second-order valence-electron chi connectivity index (χ2n) is 3.17. The molecule has 0 aliphatic rings. The van der Waals surface area contributed by atoms with Crippen LogP contribution in [-0.4, -0.2) is 11.1 Å². The van der Waals surface area contributed by atoms with Gasteiger partial charge in [0.2, 0.25) is 0 Å². The second kappa shape index (κ2) is 5.15. The Kier molecular flexibility index (Phi) is 4.14. The smallest absolute Gasteiger partial charge is 0.335 e. The van der Waals surface area contributed by atoms with Gasteiger partial charge in [0, 0.05) is 5.33 Å². The van der Waals surface area contributed by atoms with Crippen molar-refractivity contribution in [1.29, 1.82) is 0 Å². The fraction of sp³-hybridized carbons (Fsp3) is 0.364. The molecule has 76 valence electrons. The van der Waals surface area contributed by atoms with Crippen LogP contribution in [0.5, 0.6) is 0 Å². The lowest BCUT2D eigenvalue weighted by molar-refractivity contribution is 0.0697. The lowest BCUT2D eigenvalue weighted by Crippen LogP contribution is -2.00. The Hall–Kier alpha value is -0.830. The molecule has 0 spiro atoms. The van der Waals surface area contributed by atoms with Gasteiger partial charge in [-0.2, -0.15) is 0 Å². The molecule has 0 fully saturated rings. The van der Waals surface area contributed by atoms with Gasteiger partial charge in [-0.15, -0.1) is 0 Å². The Morgan fingerprint density at radius 3 is 2.64 bits per heavy atom. The number of carboxylic acids is 1. The fourth-order valence-corrected chi connectivity index (χ4v) is 1.94. The highest BCUT2D eigenvalue weighted by Gasteiger charge is 2.06. The maximum atomic E-state index is 10.7. The lowest BCUT2D eigenvalue weighted by atomic mass is 10.0. The first-order chi connectivity index (χ1) is 6.69. The Labute approximate surface area is 92.1 Å². The van der Waals surface area contributed by atoms with Gasteiger partial charge in [-0.1, -0.05) is 35.3 Å². The second-order valence-corrected chi connectivity index (χ2v) is 3.73. The third-order valence-corrected chi connectivity index (χ3v) is 2.72. The monoisotopic (exact) mass is 256 g/mol. The van der Waals surface area contributed by atoms with Crippen LogP contribution in [0.15, 0.2) is 18.2 Å². The largest absolute Gasteiger partial charge is 0.478 e. The van der Waals surface area contributed by atoms with Crippen LogP contribution >= 0.6 is 15.9 Å². The first-order valence-electron chi connectivity index (χ1n) is 4.60. The van der Waals surface area contributed by atoms with Crippen LogP contribution in [0.4, 0.5) is 0 Å². The number of aryl methyl sites for hydroxylation is 1. The van der Waals surface area contributed by atoms with Crippen molar-refractivity contribution in [2.24, 2.45) is 0 Å². The summed E-state index contributed by atoms with van der Waals surface area (Å²) in [5.74, 6) is -0.858. The van der Waals surface area contributed by atoms with E-state index >= 15 is 0 Å². The van der Waals surface area contributed by atoms with E-state index in [9.17, 15) is 4.79 Å². The molecular formula is C11H13BrO2. The van der Waals surface area contributed by atoms with Gasteiger partial charge in [0.15, 0.2) is 0 Å². The summed E-state index contributed by atoms with van der Waals surface area (Å²) in [6.45, 7) is 2.09. The molecule has 0 radical (unpaired) electrons. The highest BCUT2D eigenvalue weighted by molar-refractivity contribution is 9.08. The lowest BCUT2D eigenvalue weighted by Gasteiger charge is -2.06. The Bertz CT molecular complexity index is 334. The molecule has 1 aromatic carbocycles. The molecule has 2 nitrogen and oxygen atoms in total. The SMILES string of the molecule is CCCc1cc(C(=O)O)ccc1CBr. The standard InChI is InChI=1S/C11H13BrO2/c1-2-3-8-6-9(11(13)14)4-5-10(8)7-12/h4-6H,2-3,7H2,1H3,(H,13,14). The van der Waals surface area contributed by atoms with Crippen molar-refractivity contribution in [1.82, 2.24) is 0 Å². The van der Waals surface area contributed by atoms with E-state index < -0.39 is 5.97 Å². The highest BCUT2D eigenvalue weighted by Crippen LogP contribution is 2.17. The Morgan fingerprint density at radius 1 is 1.43 bits per heavy atom. The topological polar surface area (TPSA) is 37.3 Å². The molecule has 3 heteroatoms. The third kappa shape index (κ3) is 2.58. The number of rotatable bonds is 4. The van der Waals surface area contributed by atoms with Crippen LogP contribution in [0.2, 0.25) is 0 Å². The van der Waals surface area contributed by atoms with Gasteiger partial charge in [0.05, 0.1) is 5.56 Å². The van der Waals surface area contributed by atoms with Crippen molar-refractivity contribution in [3.05, 3.63) is 34.9 Å². The zero-order valence-corrected chi connectivity index (χ0v) is 9.67. The fourth-order valence-electron chi connectivity index (χ4n) is 1.39.